The van der Waals surface area contributed by atoms with E-state index in [9.17, 15) is 14.4 Å². The van der Waals surface area contributed by atoms with Crippen LogP contribution in [0.2, 0.25) is 0 Å². The van der Waals surface area contributed by atoms with Crippen molar-refractivity contribution in [2.75, 3.05) is 20.3 Å². The highest BCUT2D eigenvalue weighted by Crippen LogP contribution is 2.39. The van der Waals surface area contributed by atoms with Crippen LogP contribution in [0.25, 0.3) is 0 Å². The van der Waals surface area contributed by atoms with Crippen LogP contribution in [0.4, 0.5) is 0 Å². The van der Waals surface area contributed by atoms with Crippen LogP contribution in [0, 0.1) is 0 Å². The molecule has 4 rings (SSSR count). The molecule has 0 spiro atoms. The number of hydrogen-bond donors (Lipinski definition) is 0. The van der Waals surface area contributed by atoms with Gasteiger partial charge in [0, 0.05) is 43.6 Å². The van der Waals surface area contributed by atoms with E-state index in [0.717, 1.165) is 12.8 Å². The van der Waals surface area contributed by atoms with Crippen LogP contribution in [-0.2, 0) is 14.3 Å². The molecule has 0 aromatic heterocycles. The number of hydrogen-bond acceptors (Lipinski definition) is 5. The quantitative estimate of drug-likeness (QED) is 0.552. The zero-order valence-corrected chi connectivity index (χ0v) is 16.1. The van der Waals surface area contributed by atoms with Gasteiger partial charge in [-0.1, -0.05) is 0 Å². The molecule has 3 amide bonds. The molecule has 0 radical (unpaired) electrons. The SMILES string of the molecule is COCCOc1ccc(C(=O)N2C3CCC2CC(N2C(=O)CCC2=O)C3)cc1. The average Bonchev–Trinajstić information content (AvgIpc) is 3.17. The van der Waals surface area contributed by atoms with Crippen molar-refractivity contribution >= 4 is 17.7 Å². The van der Waals surface area contributed by atoms with Gasteiger partial charge in [-0.25, -0.2) is 0 Å². The second kappa shape index (κ2) is 7.91. The normalized spacial score (nSPS) is 26.8. The summed E-state index contributed by atoms with van der Waals surface area (Å²) in [4.78, 5) is 40.7. The van der Waals surface area contributed by atoms with Crippen molar-refractivity contribution in [1.82, 2.24) is 9.80 Å². The maximum Gasteiger partial charge on any atom is 0.254 e. The Balaban J connectivity index is 1.42. The number of benzene rings is 1. The highest BCUT2D eigenvalue weighted by Gasteiger charge is 2.47. The van der Waals surface area contributed by atoms with E-state index in [1.807, 2.05) is 4.90 Å². The second-order valence-electron chi connectivity index (χ2n) is 7.75. The maximum atomic E-state index is 13.1. The van der Waals surface area contributed by atoms with Gasteiger partial charge in [0.1, 0.15) is 12.4 Å². The number of carbonyl (C=O) groups is 3. The molecule has 7 nitrogen and oxygen atoms in total. The topological polar surface area (TPSA) is 76.2 Å². The van der Waals surface area contributed by atoms with Crippen LogP contribution >= 0.6 is 0 Å². The molecule has 3 saturated heterocycles. The Morgan fingerprint density at radius 2 is 1.57 bits per heavy atom. The van der Waals surface area contributed by atoms with Gasteiger partial charge in [0.05, 0.1) is 6.61 Å². The molecule has 3 aliphatic rings. The van der Waals surface area contributed by atoms with Crippen molar-refractivity contribution in [3.63, 3.8) is 0 Å². The molecule has 0 saturated carbocycles. The highest BCUT2D eigenvalue weighted by molar-refractivity contribution is 6.02. The van der Waals surface area contributed by atoms with Crippen LogP contribution in [0.5, 0.6) is 5.75 Å². The minimum atomic E-state index is -0.0572. The summed E-state index contributed by atoms with van der Waals surface area (Å²) in [6.45, 7) is 0.983. The van der Waals surface area contributed by atoms with E-state index in [1.54, 1.807) is 31.4 Å². The summed E-state index contributed by atoms with van der Waals surface area (Å²) in [7, 11) is 1.62. The number of fused-ring (bicyclic) bond motifs is 2. The minimum absolute atomic E-state index is 0.0217. The van der Waals surface area contributed by atoms with Gasteiger partial charge in [-0.2, -0.15) is 0 Å². The third-order valence-corrected chi connectivity index (χ3v) is 6.06. The first-order chi connectivity index (χ1) is 13.6. The lowest BCUT2D eigenvalue weighted by molar-refractivity contribution is -0.142. The summed E-state index contributed by atoms with van der Waals surface area (Å²) in [5, 5.41) is 0. The van der Waals surface area contributed by atoms with Crippen molar-refractivity contribution in [3.05, 3.63) is 29.8 Å². The van der Waals surface area contributed by atoms with E-state index in [-0.39, 0.29) is 35.8 Å². The van der Waals surface area contributed by atoms with Crippen LogP contribution in [0.15, 0.2) is 24.3 Å². The van der Waals surface area contributed by atoms with E-state index >= 15 is 0 Å². The Labute approximate surface area is 164 Å². The number of piperidine rings is 1. The summed E-state index contributed by atoms with van der Waals surface area (Å²) in [6.07, 6.45) is 3.90. The number of methoxy groups -OCH3 is 1. The van der Waals surface area contributed by atoms with Gasteiger partial charge in [0.2, 0.25) is 11.8 Å². The first-order valence-electron chi connectivity index (χ1n) is 9.98. The third kappa shape index (κ3) is 3.51. The molecule has 3 aliphatic heterocycles. The number of imide groups is 1. The minimum Gasteiger partial charge on any atom is -0.491 e. The van der Waals surface area contributed by atoms with Crippen molar-refractivity contribution in [2.45, 2.75) is 56.7 Å². The second-order valence-corrected chi connectivity index (χ2v) is 7.75. The third-order valence-electron chi connectivity index (χ3n) is 6.06. The van der Waals surface area contributed by atoms with Crippen molar-refractivity contribution in [3.8, 4) is 5.75 Å². The van der Waals surface area contributed by atoms with Gasteiger partial charge in [-0.15, -0.1) is 0 Å². The van der Waals surface area contributed by atoms with Gasteiger partial charge in [0.15, 0.2) is 0 Å². The van der Waals surface area contributed by atoms with Gasteiger partial charge >= 0.3 is 0 Å². The van der Waals surface area contributed by atoms with E-state index in [2.05, 4.69) is 0 Å². The van der Waals surface area contributed by atoms with E-state index in [1.165, 1.54) is 4.90 Å². The predicted molar refractivity (Wildman–Crippen MR) is 101 cm³/mol. The van der Waals surface area contributed by atoms with Gasteiger partial charge in [-0.05, 0) is 49.9 Å². The number of rotatable bonds is 6. The first-order valence-corrected chi connectivity index (χ1v) is 9.98. The average molecular weight is 386 g/mol. The molecule has 1 aromatic rings. The number of carbonyl (C=O) groups excluding carboxylic acids is 3. The predicted octanol–water partition coefficient (Wildman–Crippen LogP) is 2.00. The molecule has 7 heteroatoms. The Kier molecular flexibility index (Phi) is 5.35. The Bertz CT molecular complexity index is 733. The number of ether oxygens (including phenoxy) is 2. The smallest absolute Gasteiger partial charge is 0.254 e. The summed E-state index contributed by atoms with van der Waals surface area (Å²) in [5.41, 5.74) is 0.641. The molecule has 0 N–H and O–H groups in total. The largest absolute Gasteiger partial charge is 0.491 e. The van der Waals surface area contributed by atoms with Gasteiger partial charge in [0.25, 0.3) is 5.91 Å². The molecule has 28 heavy (non-hydrogen) atoms. The molecule has 2 atom stereocenters. The van der Waals surface area contributed by atoms with Crippen molar-refractivity contribution in [1.29, 1.82) is 0 Å². The van der Waals surface area contributed by atoms with Crippen LogP contribution in [0.3, 0.4) is 0 Å². The van der Waals surface area contributed by atoms with E-state index in [4.69, 9.17) is 9.47 Å². The molecule has 150 valence electrons. The Morgan fingerprint density at radius 1 is 0.964 bits per heavy atom. The van der Waals surface area contributed by atoms with Crippen LogP contribution in [-0.4, -0.2) is 66.0 Å². The molecule has 2 unspecified atom stereocenters. The summed E-state index contributed by atoms with van der Waals surface area (Å²) >= 11 is 0. The molecule has 3 heterocycles. The van der Waals surface area contributed by atoms with E-state index in [0.29, 0.717) is 50.2 Å². The fourth-order valence-corrected chi connectivity index (χ4v) is 4.78. The summed E-state index contributed by atoms with van der Waals surface area (Å²) in [5.74, 6) is 0.617. The monoisotopic (exact) mass is 386 g/mol. The number of likely N-dealkylation sites (tertiary alicyclic amines) is 1. The lowest BCUT2D eigenvalue weighted by atomic mass is 9.95. The fourth-order valence-electron chi connectivity index (χ4n) is 4.78. The van der Waals surface area contributed by atoms with Gasteiger partial charge in [-0.3, -0.25) is 19.3 Å². The molecule has 3 fully saturated rings. The van der Waals surface area contributed by atoms with Crippen LogP contribution < -0.4 is 4.74 Å². The lowest BCUT2D eigenvalue weighted by Crippen LogP contribution is -2.53. The molecule has 2 bridgehead atoms. The molecule has 1 aromatic carbocycles. The first kappa shape index (κ1) is 18.9. The highest BCUT2D eigenvalue weighted by atomic mass is 16.5. The number of nitrogens with zero attached hydrogens (tertiary/aromatic N) is 2. The standard InChI is InChI=1S/C21H26N2O5/c1-27-10-11-28-18-6-2-14(3-7-18)21(26)22-15-4-5-16(22)13-17(12-15)23-19(24)8-9-20(23)25/h2-3,6-7,15-17H,4-5,8-13H2,1H3. The zero-order valence-electron chi connectivity index (χ0n) is 16.1. The van der Waals surface area contributed by atoms with Crippen molar-refractivity contribution < 1.29 is 23.9 Å². The Hall–Kier alpha value is -2.41. The molecular weight excluding hydrogens is 360 g/mol. The van der Waals surface area contributed by atoms with Crippen LogP contribution in [0.1, 0.15) is 48.9 Å². The van der Waals surface area contributed by atoms with Crippen molar-refractivity contribution in [2.24, 2.45) is 0 Å². The fraction of sp³-hybridized carbons (Fsp3) is 0.571. The lowest BCUT2D eigenvalue weighted by Gasteiger charge is -2.41. The zero-order chi connectivity index (χ0) is 19.7. The Morgan fingerprint density at radius 3 is 2.14 bits per heavy atom. The molecular formula is C21H26N2O5. The van der Waals surface area contributed by atoms with Gasteiger partial charge < -0.3 is 14.4 Å². The van der Waals surface area contributed by atoms with E-state index < -0.39 is 0 Å². The summed E-state index contributed by atoms with van der Waals surface area (Å²) < 4.78 is 10.5. The number of amides is 3. The maximum absolute atomic E-state index is 13.1. The summed E-state index contributed by atoms with van der Waals surface area (Å²) in [6, 6.07) is 7.33. The molecule has 0 aliphatic carbocycles.